The number of nitrogens with two attached hydrogens (primary N) is 1. The van der Waals surface area contributed by atoms with Gasteiger partial charge in [0.25, 0.3) is 0 Å². The van der Waals surface area contributed by atoms with Crippen LogP contribution in [0.15, 0.2) is 18.2 Å². The molecule has 2 nitrogen and oxygen atoms in total. The number of hydrogen-bond acceptors (Lipinski definition) is 2. The highest BCUT2D eigenvalue weighted by molar-refractivity contribution is 14.1. The number of hydrogen-bond donors (Lipinski definition) is 1. The van der Waals surface area contributed by atoms with Crippen LogP contribution in [0.25, 0.3) is 10.9 Å². The van der Waals surface area contributed by atoms with Crippen molar-refractivity contribution in [3.63, 3.8) is 0 Å². The van der Waals surface area contributed by atoms with E-state index in [0.717, 1.165) is 6.07 Å². The van der Waals surface area contributed by atoms with Gasteiger partial charge in [-0.25, -0.2) is 0 Å². The van der Waals surface area contributed by atoms with E-state index < -0.39 is 11.7 Å². The van der Waals surface area contributed by atoms with Crippen LogP contribution < -0.4 is 5.73 Å². The van der Waals surface area contributed by atoms with Gasteiger partial charge in [0.15, 0.2) is 0 Å². The number of halogens is 4. The summed E-state index contributed by atoms with van der Waals surface area (Å²) in [5, 5.41) is 0.342. The van der Waals surface area contributed by atoms with Crippen molar-refractivity contribution in [3.8, 4) is 0 Å². The minimum atomic E-state index is -4.42. The molecule has 1 heterocycles. The maximum atomic E-state index is 12.8. The molecule has 0 spiro atoms. The van der Waals surface area contributed by atoms with Crippen LogP contribution in [0.4, 0.5) is 18.9 Å². The van der Waals surface area contributed by atoms with Gasteiger partial charge in [0.1, 0.15) is 0 Å². The smallest absolute Gasteiger partial charge is 0.397 e. The van der Waals surface area contributed by atoms with Crippen LogP contribution in [0.1, 0.15) is 11.3 Å². The topological polar surface area (TPSA) is 38.9 Å². The number of anilines is 1. The molecule has 2 N–H and O–H groups in total. The van der Waals surface area contributed by atoms with Crippen molar-refractivity contribution in [2.45, 2.75) is 13.1 Å². The molecule has 0 aliphatic rings. The van der Waals surface area contributed by atoms with Gasteiger partial charge < -0.3 is 5.73 Å². The SMILES string of the molecule is Cc1nc2c(C(F)(F)F)cccc2c(N)c1I. The predicted octanol–water partition coefficient (Wildman–Crippen LogP) is 3.75. The molecule has 0 unspecified atom stereocenters. The number of alkyl halides is 3. The first-order chi connectivity index (χ1) is 7.82. The molecule has 17 heavy (non-hydrogen) atoms. The zero-order chi connectivity index (χ0) is 12.8. The standard InChI is InChI=1S/C11H8F3IN2/c1-5-8(15)9(16)6-3-2-4-7(10(6)17-5)11(12,13)14/h2-4H,1H3,(H2,16,17). The van der Waals surface area contributed by atoms with E-state index >= 15 is 0 Å². The molecule has 6 heteroatoms. The summed E-state index contributed by atoms with van der Waals surface area (Å²) in [5.41, 5.74) is 5.83. The molecule has 0 fully saturated rings. The predicted molar refractivity (Wildman–Crippen MR) is 68.6 cm³/mol. The third kappa shape index (κ3) is 2.05. The summed E-state index contributed by atoms with van der Waals surface area (Å²) < 4.78 is 39.1. The summed E-state index contributed by atoms with van der Waals surface area (Å²) in [6, 6.07) is 3.91. The van der Waals surface area contributed by atoms with Gasteiger partial charge in [-0.05, 0) is 35.6 Å². The summed E-state index contributed by atoms with van der Waals surface area (Å²) in [6.07, 6.45) is -4.42. The fourth-order valence-electron chi connectivity index (χ4n) is 1.64. The summed E-state index contributed by atoms with van der Waals surface area (Å²) >= 11 is 1.98. The van der Waals surface area contributed by atoms with Crippen LogP contribution in [0, 0.1) is 10.5 Å². The van der Waals surface area contributed by atoms with Gasteiger partial charge in [0, 0.05) is 5.39 Å². The average molecular weight is 352 g/mol. The van der Waals surface area contributed by atoms with E-state index in [0.29, 0.717) is 20.3 Å². The Bertz CT molecular complexity index is 593. The first kappa shape index (κ1) is 12.4. The molecule has 2 aromatic rings. The summed E-state index contributed by atoms with van der Waals surface area (Å²) in [4.78, 5) is 3.99. The van der Waals surface area contributed by atoms with E-state index in [1.807, 2.05) is 22.6 Å². The molecule has 0 saturated heterocycles. The van der Waals surface area contributed by atoms with E-state index in [-0.39, 0.29) is 5.52 Å². The van der Waals surface area contributed by atoms with Crippen LogP contribution in [0.2, 0.25) is 0 Å². The van der Waals surface area contributed by atoms with Crippen molar-refractivity contribution < 1.29 is 13.2 Å². The van der Waals surface area contributed by atoms with E-state index in [4.69, 9.17) is 5.73 Å². The normalized spacial score (nSPS) is 12.1. The molecule has 90 valence electrons. The molecule has 0 radical (unpaired) electrons. The lowest BCUT2D eigenvalue weighted by Crippen LogP contribution is -2.08. The number of nitrogens with zero attached hydrogens (tertiary/aromatic N) is 1. The largest absolute Gasteiger partial charge is 0.418 e. The highest BCUT2D eigenvalue weighted by Crippen LogP contribution is 2.36. The van der Waals surface area contributed by atoms with Crippen molar-refractivity contribution in [2.75, 3.05) is 5.73 Å². The summed E-state index contributed by atoms with van der Waals surface area (Å²) in [7, 11) is 0. The molecular weight excluding hydrogens is 344 g/mol. The first-order valence-corrected chi connectivity index (χ1v) is 5.81. The molecule has 1 aromatic heterocycles. The lowest BCUT2D eigenvalue weighted by molar-refractivity contribution is -0.136. The number of nitrogen functional groups attached to an aromatic ring is 1. The van der Waals surface area contributed by atoms with Gasteiger partial charge in [-0.3, -0.25) is 4.98 Å². The van der Waals surface area contributed by atoms with E-state index in [1.54, 1.807) is 13.0 Å². The van der Waals surface area contributed by atoms with Gasteiger partial charge >= 0.3 is 6.18 Å². The number of rotatable bonds is 0. The van der Waals surface area contributed by atoms with Crippen LogP contribution in [0.5, 0.6) is 0 Å². The van der Waals surface area contributed by atoms with Gasteiger partial charge in [0.05, 0.1) is 26.0 Å². The van der Waals surface area contributed by atoms with Gasteiger partial charge in [-0.2, -0.15) is 13.2 Å². The maximum Gasteiger partial charge on any atom is 0.418 e. The second-order valence-corrected chi connectivity index (χ2v) is 4.70. The van der Waals surface area contributed by atoms with Crippen LogP contribution >= 0.6 is 22.6 Å². The van der Waals surface area contributed by atoms with Crippen molar-refractivity contribution in [1.82, 2.24) is 4.98 Å². The molecular formula is C11H8F3IN2. The minimum absolute atomic E-state index is 0.0876. The lowest BCUT2D eigenvalue weighted by Gasteiger charge is -2.12. The molecule has 0 bridgehead atoms. The number of fused-ring (bicyclic) bond motifs is 1. The Balaban J connectivity index is 2.92. The Morgan fingerprint density at radius 3 is 2.53 bits per heavy atom. The molecule has 0 aliphatic carbocycles. The van der Waals surface area contributed by atoms with E-state index in [9.17, 15) is 13.2 Å². The molecule has 0 aliphatic heterocycles. The fourth-order valence-corrected chi connectivity index (χ4v) is 2.05. The molecule has 0 saturated carbocycles. The Morgan fingerprint density at radius 2 is 1.94 bits per heavy atom. The Kier molecular flexibility index (Phi) is 2.92. The number of aryl methyl sites for hydroxylation is 1. The Hall–Kier alpha value is -1.05. The van der Waals surface area contributed by atoms with Crippen molar-refractivity contribution in [1.29, 1.82) is 0 Å². The number of aromatic nitrogens is 1. The van der Waals surface area contributed by atoms with Gasteiger partial charge in [0.2, 0.25) is 0 Å². The van der Waals surface area contributed by atoms with Gasteiger partial charge in [-0.15, -0.1) is 0 Å². The van der Waals surface area contributed by atoms with Crippen LogP contribution in [0.3, 0.4) is 0 Å². The second kappa shape index (κ2) is 4.01. The van der Waals surface area contributed by atoms with Crippen molar-refractivity contribution in [3.05, 3.63) is 33.0 Å². The third-order valence-corrected chi connectivity index (χ3v) is 3.83. The monoisotopic (exact) mass is 352 g/mol. The fraction of sp³-hybridized carbons (Fsp3) is 0.182. The lowest BCUT2D eigenvalue weighted by atomic mass is 10.1. The second-order valence-electron chi connectivity index (χ2n) is 3.62. The number of para-hydroxylation sites is 1. The Labute approximate surface area is 109 Å². The number of pyridine rings is 1. The average Bonchev–Trinajstić information content (AvgIpc) is 2.24. The maximum absolute atomic E-state index is 12.8. The zero-order valence-electron chi connectivity index (χ0n) is 8.77. The van der Waals surface area contributed by atoms with Crippen molar-refractivity contribution in [2.24, 2.45) is 0 Å². The quantitative estimate of drug-likeness (QED) is 0.734. The first-order valence-electron chi connectivity index (χ1n) is 4.74. The highest BCUT2D eigenvalue weighted by Gasteiger charge is 2.33. The molecule has 1 aromatic carbocycles. The number of benzene rings is 1. The Morgan fingerprint density at radius 1 is 1.29 bits per heavy atom. The van der Waals surface area contributed by atoms with E-state index in [1.165, 1.54) is 6.07 Å². The molecule has 2 rings (SSSR count). The van der Waals surface area contributed by atoms with Crippen LogP contribution in [-0.2, 0) is 6.18 Å². The highest BCUT2D eigenvalue weighted by atomic mass is 127. The third-order valence-electron chi connectivity index (χ3n) is 2.47. The molecule has 0 atom stereocenters. The molecule has 0 amide bonds. The minimum Gasteiger partial charge on any atom is -0.397 e. The van der Waals surface area contributed by atoms with E-state index in [2.05, 4.69) is 4.98 Å². The summed E-state index contributed by atoms with van der Waals surface area (Å²) in [6.45, 7) is 1.64. The van der Waals surface area contributed by atoms with Gasteiger partial charge in [-0.1, -0.05) is 12.1 Å². The van der Waals surface area contributed by atoms with Crippen LogP contribution in [-0.4, -0.2) is 4.98 Å². The van der Waals surface area contributed by atoms with Crippen molar-refractivity contribution >= 4 is 39.2 Å². The summed E-state index contributed by atoms with van der Waals surface area (Å²) in [5.74, 6) is 0. The zero-order valence-corrected chi connectivity index (χ0v) is 10.9.